The van der Waals surface area contributed by atoms with Gasteiger partial charge in [0.05, 0.1) is 6.10 Å². The van der Waals surface area contributed by atoms with Gasteiger partial charge in [0, 0.05) is 5.88 Å². The lowest BCUT2D eigenvalue weighted by Crippen LogP contribution is -2.05. The van der Waals surface area contributed by atoms with Gasteiger partial charge in [0.2, 0.25) is 0 Å². The summed E-state index contributed by atoms with van der Waals surface area (Å²) in [6.07, 6.45) is 3.29. The summed E-state index contributed by atoms with van der Waals surface area (Å²) in [5, 5.41) is 0. The van der Waals surface area contributed by atoms with Crippen molar-refractivity contribution in [1.29, 1.82) is 0 Å². The fourth-order valence-electron chi connectivity index (χ4n) is 1.46. The third kappa shape index (κ3) is 4.28. The maximum atomic E-state index is 5.65. The van der Waals surface area contributed by atoms with Crippen molar-refractivity contribution in [2.24, 2.45) is 0 Å². The molecule has 1 aromatic carbocycles. The molecule has 0 aliphatic carbocycles. The predicted molar refractivity (Wildman–Crippen MR) is 71.2 cm³/mol. The fraction of sp³-hybridized carbons (Fsp3) is 0.429. The molecular formula is C14H19ClO. The van der Waals surface area contributed by atoms with Crippen LogP contribution in [0.1, 0.15) is 32.8 Å². The van der Waals surface area contributed by atoms with Crippen LogP contribution < -0.4 is 4.74 Å². The Kier molecular flexibility index (Phi) is 5.41. The van der Waals surface area contributed by atoms with Crippen LogP contribution in [0.3, 0.4) is 0 Å². The van der Waals surface area contributed by atoms with E-state index in [1.807, 2.05) is 26.0 Å². The number of halogens is 1. The Hall–Kier alpha value is -0.950. The first-order valence-electron chi connectivity index (χ1n) is 5.63. The lowest BCUT2D eigenvalue weighted by molar-refractivity contribution is 0.242. The molecule has 0 fully saturated rings. The zero-order chi connectivity index (χ0) is 12.0. The van der Waals surface area contributed by atoms with Gasteiger partial charge in [-0.05, 0) is 50.5 Å². The van der Waals surface area contributed by atoms with Crippen molar-refractivity contribution in [3.8, 4) is 5.75 Å². The van der Waals surface area contributed by atoms with E-state index in [1.165, 1.54) is 11.1 Å². The van der Waals surface area contributed by atoms with Gasteiger partial charge < -0.3 is 4.74 Å². The van der Waals surface area contributed by atoms with Crippen molar-refractivity contribution in [3.63, 3.8) is 0 Å². The molecule has 16 heavy (non-hydrogen) atoms. The van der Waals surface area contributed by atoms with Gasteiger partial charge in [-0.2, -0.15) is 0 Å². The lowest BCUT2D eigenvalue weighted by Gasteiger charge is -2.10. The molecule has 0 aliphatic rings. The van der Waals surface area contributed by atoms with Crippen LogP contribution in [0.15, 0.2) is 30.3 Å². The molecule has 0 aliphatic heterocycles. The Labute approximate surface area is 103 Å². The first-order valence-corrected chi connectivity index (χ1v) is 6.16. The minimum atomic E-state index is 0.221. The summed E-state index contributed by atoms with van der Waals surface area (Å²) in [5.74, 6) is 1.59. The van der Waals surface area contributed by atoms with Gasteiger partial charge in [-0.3, -0.25) is 0 Å². The minimum Gasteiger partial charge on any atom is -0.491 e. The first-order chi connectivity index (χ1) is 7.63. The molecule has 0 unspecified atom stereocenters. The van der Waals surface area contributed by atoms with Crippen LogP contribution in [0, 0.1) is 0 Å². The molecule has 1 nitrogen and oxygen atoms in total. The highest BCUT2D eigenvalue weighted by atomic mass is 35.5. The molecule has 0 spiro atoms. The second kappa shape index (κ2) is 6.59. The molecule has 0 saturated heterocycles. The van der Waals surface area contributed by atoms with Crippen molar-refractivity contribution in [2.45, 2.75) is 33.3 Å². The van der Waals surface area contributed by atoms with Gasteiger partial charge in [-0.15, -0.1) is 11.6 Å². The maximum Gasteiger partial charge on any atom is 0.119 e. The molecule has 0 radical (unpaired) electrons. The molecule has 1 aromatic rings. The molecule has 88 valence electrons. The number of alkyl halides is 1. The third-order valence-electron chi connectivity index (χ3n) is 2.24. The molecule has 0 amide bonds. The summed E-state index contributed by atoms with van der Waals surface area (Å²) in [6.45, 7) is 6.16. The predicted octanol–water partition coefficient (Wildman–Crippen LogP) is 4.51. The number of hydrogen-bond donors (Lipinski definition) is 0. The fourth-order valence-corrected chi connectivity index (χ4v) is 1.57. The summed E-state index contributed by atoms with van der Waals surface area (Å²) in [5.41, 5.74) is 2.48. The highest BCUT2D eigenvalue weighted by Crippen LogP contribution is 2.19. The van der Waals surface area contributed by atoms with Gasteiger partial charge in [-0.25, -0.2) is 0 Å². The molecule has 0 N–H and O–H groups in total. The number of hydrogen-bond acceptors (Lipinski definition) is 1. The van der Waals surface area contributed by atoms with Crippen LogP contribution in [0.25, 0.3) is 5.57 Å². The number of ether oxygens (including phenoxy) is 1. The molecule has 0 saturated carbocycles. The largest absolute Gasteiger partial charge is 0.491 e. The van der Waals surface area contributed by atoms with E-state index in [1.54, 1.807) is 0 Å². The highest BCUT2D eigenvalue weighted by molar-refractivity contribution is 6.17. The minimum absolute atomic E-state index is 0.221. The maximum absolute atomic E-state index is 5.65. The summed E-state index contributed by atoms with van der Waals surface area (Å²) in [4.78, 5) is 0. The van der Waals surface area contributed by atoms with E-state index in [0.717, 1.165) is 12.2 Å². The van der Waals surface area contributed by atoms with Gasteiger partial charge in [0.1, 0.15) is 5.75 Å². The van der Waals surface area contributed by atoms with Crippen molar-refractivity contribution in [2.75, 3.05) is 5.88 Å². The highest BCUT2D eigenvalue weighted by Gasteiger charge is 1.99. The summed E-state index contributed by atoms with van der Waals surface area (Å²) >= 11 is 5.65. The number of allylic oxidation sites excluding steroid dienone is 2. The van der Waals surface area contributed by atoms with Crippen molar-refractivity contribution in [1.82, 2.24) is 0 Å². The van der Waals surface area contributed by atoms with E-state index in [4.69, 9.17) is 16.3 Å². The van der Waals surface area contributed by atoms with Gasteiger partial charge in [0.15, 0.2) is 0 Å². The SMILES string of the molecule is CC(=CCCCl)c1ccc(OC(C)C)cc1. The first kappa shape index (κ1) is 13.1. The van der Waals surface area contributed by atoms with E-state index < -0.39 is 0 Å². The third-order valence-corrected chi connectivity index (χ3v) is 2.46. The van der Waals surface area contributed by atoms with Gasteiger partial charge in [0.25, 0.3) is 0 Å². The van der Waals surface area contributed by atoms with Crippen LogP contribution in [0.5, 0.6) is 5.75 Å². The van der Waals surface area contributed by atoms with Crippen molar-refractivity contribution < 1.29 is 4.74 Å². The van der Waals surface area contributed by atoms with Crippen LogP contribution in [-0.2, 0) is 0 Å². The number of rotatable bonds is 5. The van der Waals surface area contributed by atoms with Crippen LogP contribution in [-0.4, -0.2) is 12.0 Å². The zero-order valence-corrected chi connectivity index (χ0v) is 10.9. The van der Waals surface area contributed by atoms with E-state index in [-0.39, 0.29) is 6.10 Å². The quantitative estimate of drug-likeness (QED) is 0.686. The topological polar surface area (TPSA) is 9.23 Å². The Morgan fingerprint density at radius 1 is 1.31 bits per heavy atom. The average Bonchev–Trinajstić information content (AvgIpc) is 2.26. The van der Waals surface area contributed by atoms with E-state index in [0.29, 0.717) is 5.88 Å². The monoisotopic (exact) mass is 238 g/mol. The molecule has 0 bridgehead atoms. The summed E-state index contributed by atoms with van der Waals surface area (Å²) in [7, 11) is 0. The van der Waals surface area contributed by atoms with E-state index in [2.05, 4.69) is 25.1 Å². The Morgan fingerprint density at radius 2 is 1.94 bits per heavy atom. The second-order valence-corrected chi connectivity index (χ2v) is 4.43. The number of benzene rings is 1. The smallest absolute Gasteiger partial charge is 0.119 e. The normalized spacial score (nSPS) is 11.9. The van der Waals surface area contributed by atoms with Crippen LogP contribution >= 0.6 is 11.6 Å². The second-order valence-electron chi connectivity index (χ2n) is 4.06. The Morgan fingerprint density at radius 3 is 2.44 bits per heavy atom. The van der Waals surface area contributed by atoms with Crippen molar-refractivity contribution >= 4 is 17.2 Å². The van der Waals surface area contributed by atoms with Gasteiger partial charge >= 0.3 is 0 Å². The molecular weight excluding hydrogens is 220 g/mol. The molecule has 0 heterocycles. The Balaban J connectivity index is 2.70. The molecule has 2 heteroatoms. The van der Waals surface area contributed by atoms with Crippen molar-refractivity contribution in [3.05, 3.63) is 35.9 Å². The standard InChI is InChI=1S/C14H19ClO/c1-11(2)16-14-8-6-13(7-9-14)12(3)5-4-10-15/h5-9,11H,4,10H2,1-3H3. The summed E-state index contributed by atoms with van der Waals surface area (Å²) in [6, 6.07) is 8.18. The molecule has 1 rings (SSSR count). The van der Waals surface area contributed by atoms with Gasteiger partial charge in [-0.1, -0.05) is 18.2 Å². The van der Waals surface area contributed by atoms with E-state index >= 15 is 0 Å². The lowest BCUT2D eigenvalue weighted by atomic mass is 10.1. The summed E-state index contributed by atoms with van der Waals surface area (Å²) < 4.78 is 5.59. The zero-order valence-electron chi connectivity index (χ0n) is 10.2. The van der Waals surface area contributed by atoms with Crippen LogP contribution in [0.4, 0.5) is 0 Å². The molecule has 0 atom stereocenters. The average molecular weight is 239 g/mol. The Bertz CT molecular complexity index is 338. The van der Waals surface area contributed by atoms with Crippen LogP contribution in [0.2, 0.25) is 0 Å². The van der Waals surface area contributed by atoms with E-state index in [9.17, 15) is 0 Å². The molecule has 0 aromatic heterocycles.